The van der Waals surface area contributed by atoms with E-state index < -0.39 is 10.0 Å². The summed E-state index contributed by atoms with van der Waals surface area (Å²) in [6, 6.07) is 1.66. The van der Waals surface area contributed by atoms with Crippen molar-refractivity contribution in [2.45, 2.75) is 24.9 Å². The molecule has 0 aliphatic carbocycles. The van der Waals surface area contributed by atoms with Crippen LogP contribution in [0.2, 0.25) is 0 Å². The van der Waals surface area contributed by atoms with Gasteiger partial charge >= 0.3 is 0 Å². The van der Waals surface area contributed by atoms with Crippen LogP contribution in [-0.4, -0.2) is 34.7 Å². The molecule has 9 heteroatoms. The molecule has 2 aromatic heterocycles. The quantitative estimate of drug-likeness (QED) is 0.653. The van der Waals surface area contributed by atoms with Crippen LogP contribution in [0.15, 0.2) is 23.5 Å². The highest BCUT2D eigenvalue weighted by atomic mass is 32.2. The van der Waals surface area contributed by atoms with Gasteiger partial charge in [-0.3, -0.25) is 5.10 Å². The minimum absolute atomic E-state index is 0.0831. The molecule has 3 N–H and O–H groups in total. The molecule has 0 radical (unpaired) electrons. The van der Waals surface area contributed by atoms with Crippen LogP contribution in [0.25, 0.3) is 0 Å². The Hall–Kier alpha value is -1.71. The number of hydrogen-bond donors (Lipinski definition) is 3. The van der Waals surface area contributed by atoms with Gasteiger partial charge in [-0.15, -0.1) is 0 Å². The number of aromatic nitrogens is 4. The van der Waals surface area contributed by atoms with Crippen LogP contribution in [0.3, 0.4) is 0 Å². The summed E-state index contributed by atoms with van der Waals surface area (Å²) in [5.74, 6) is 0.470. The molecule has 0 amide bonds. The summed E-state index contributed by atoms with van der Waals surface area (Å²) in [5, 5.41) is 9.43. The standard InChI is InChI=1S/C11H18N6O2S/c1-3-12-5-9-4-10(7-17(9)2)20(18,19)15-6-11-13-8-14-16-11/h4,7-8,12,15H,3,5-6H2,1-2H3,(H,13,14,16). The van der Waals surface area contributed by atoms with E-state index in [0.717, 1.165) is 12.2 Å². The molecule has 0 aromatic carbocycles. The van der Waals surface area contributed by atoms with E-state index in [1.807, 2.05) is 14.0 Å². The van der Waals surface area contributed by atoms with Gasteiger partial charge in [0.25, 0.3) is 0 Å². The zero-order valence-electron chi connectivity index (χ0n) is 11.4. The smallest absolute Gasteiger partial charge is 0.242 e. The van der Waals surface area contributed by atoms with Crippen LogP contribution < -0.4 is 10.0 Å². The molecule has 2 heterocycles. The van der Waals surface area contributed by atoms with E-state index in [-0.39, 0.29) is 11.4 Å². The van der Waals surface area contributed by atoms with Gasteiger partial charge in [-0.1, -0.05) is 6.92 Å². The minimum atomic E-state index is -3.55. The van der Waals surface area contributed by atoms with Crippen LogP contribution in [0.1, 0.15) is 18.4 Å². The molecule has 110 valence electrons. The Morgan fingerprint density at radius 3 is 2.85 bits per heavy atom. The summed E-state index contributed by atoms with van der Waals surface area (Å²) in [4.78, 5) is 4.11. The Morgan fingerprint density at radius 1 is 1.40 bits per heavy atom. The zero-order chi connectivity index (χ0) is 14.6. The van der Waals surface area contributed by atoms with Crippen molar-refractivity contribution in [3.63, 3.8) is 0 Å². The van der Waals surface area contributed by atoms with Gasteiger partial charge in [-0.25, -0.2) is 18.1 Å². The Kier molecular flexibility index (Phi) is 4.53. The van der Waals surface area contributed by atoms with E-state index in [4.69, 9.17) is 0 Å². The number of nitrogens with one attached hydrogen (secondary N) is 3. The Labute approximate surface area is 117 Å². The maximum Gasteiger partial charge on any atom is 0.242 e. The molecule has 0 saturated heterocycles. The lowest BCUT2D eigenvalue weighted by Crippen LogP contribution is -2.23. The van der Waals surface area contributed by atoms with Crippen molar-refractivity contribution in [2.75, 3.05) is 6.54 Å². The first-order chi connectivity index (χ1) is 9.53. The highest BCUT2D eigenvalue weighted by molar-refractivity contribution is 7.89. The van der Waals surface area contributed by atoms with Gasteiger partial charge in [0.2, 0.25) is 10.0 Å². The molecule has 0 unspecified atom stereocenters. The van der Waals surface area contributed by atoms with E-state index in [9.17, 15) is 8.42 Å². The summed E-state index contributed by atoms with van der Waals surface area (Å²) in [5.41, 5.74) is 0.909. The van der Waals surface area contributed by atoms with E-state index in [1.54, 1.807) is 16.8 Å². The van der Waals surface area contributed by atoms with Crippen LogP contribution in [-0.2, 0) is 30.2 Å². The summed E-state index contributed by atoms with van der Waals surface area (Å²) in [6.45, 7) is 3.54. The largest absolute Gasteiger partial charge is 0.352 e. The van der Waals surface area contributed by atoms with Crippen molar-refractivity contribution >= 4 is 10.0 Å². The maximum atomic E-state index is 12.2. The Morgan fingerprint density at radius 2 is 2.20 bits per heavy atom. The van der Waals surface area contributed by atoms with Crippen molar-refractivity contribution in [3.8, 4) is 0 Å². The Balaban J connectivity index is 2.09. The van der Waals surface area contributed by atoms with E-state index in [1.165, 1.54) is 6.33 Å². The first-order valence-corrected chi connectivity index (χ1v) is 7.71. The fourth-order valence-corrected chi connectivity index (χ4v) is 2.80. The molecule has 8 nitrogen and oxygen atoms in total. The molecule has 0 spiro atoms. The highest BCUT2D eigenvalue weighted by Gasteiger charge is 2.17. The van der Waals surface area contributed by atoms with Crippen molar-refractivity contribution in [1.82, 2.24) is 29.8 Å². The van der Waals surface area contributed by atoms with E-state index >= 15 is 0 Å². The summed E-state index contributed by atoms with van der Waals surface area (Å²) in [6.07, 6.45) is 2.93. The van der Waals surface area contributed by atoms with Crippen LogP contribution in [0, 0.1) is 0 Å². The van der Waals surface area contributed by atoms with Crippen molar-refractivity contribution < 1.29 is 8.42 Å². The normalized spacial score (nSPS) is 11.9. The van der Waals surface area contributed by atoms with Crippen molar-refractivity contribution in [2.24, 2.45) is 7.05 Å². The second-order valence-electron chi connectivity index (χ2n) is 4.32. The lowest BCUT2D eigenvalue weighted by atomic mass is 10.4. The van der Waals surface area contributed by atoms with Gasteiger partial charge in [0, 0.05) is 25.5 Å². The lowest BCUT2D eigenvalue weighted by molar-refractivity contribution is 0.579. The van der Waals surface area contributed by atoms with Gasteiger partial charge < -0.3 is 9.88 Å². The average Bonchev–Trinajstić information content (AvgIpc) is 3.04. The number of rotatable bonds is 7. The second kappa shape index (κ2) is 6.16. The van der Waals surface area contributed by atoms with E-state index in [0.29, 0.717) is 12.4 Å². The third kappa shape index (κ3) is 3.44. The molecule has 0 aliphatic heterocycles. The van der Waals surface area contributed by atoms with Gasteiger partial charge in [-0.05, 0) is 12.6 Å². The molecule has 0 atom stereocenters. The van der Waals surface area contributed by atoms with Gasteiger partial charge in [0.15, 0.2) is 0 Å². The van der Waals surface area contributed by atoms with Crippen LogP contribution in [0.4, 0.5) is 0 Å². The summed E-state index contributed by atoms with van der Waals surface area (Å²) >= 11 is 0. The predicted molar refractivity (Wildman–Crippen MR) is 73.2 cm³/mol. The molecule has 0 bridgehead atoms. The molecular weight excluding hydrogens is 280 g/mol. The number of sulfonamides is 1. The average molecular weight is 298 g/mol. The zero-order valence-corrected chi connectivity index (χ0v) is 12.2. The first kappa shape index (κ1) is 14.7. The predicted octanol–water partition coefficient (Wildman–Crippen LogP) is -0.269. The number of hydrogen-bond acceptors (Lipinski definition) is 5. The molecule has 0 saturated carbocycles. The minimum Gasteiger partial charge on any atom is -0.352 e. The van der Waals surface area contributed by atoms with Crippen LogP contribution in [0.5, 0.6) is 0 Å². The molecule has 20 heavy (non-hydrogen) atoms. The van der Waals surface area contributed by atoms with Crippen LogP contribution >= 0.6 is 0 Å². The number of nitrogens with zero attached hydrogens (tertiary/aromatic N) is 3. The van der Waals surface area contributed by atoms with Gasteiger partial charge in [-0.2, -0.15) is 5.10 Å². The maximum absolute atomic E-state index is 12.2. The second-order valence-corrected chi connectivity index (χ2v) is 6.08. The van der Waals surface area contributed by atoms with Crippen molar-refractivity contribution in [3.05, 3.63) is 30.1 Å². The number of aryl methyl sites for hydroxylation is 1. The fourth-order valence-electron chi connectivity index (χ4n) is 1.72. The molecule has 0 fully saturated rings. The molecule has 2 aromatic rings. The monoisotopic (exact) mass is 298 g/mol. The third-order valence-corrected chi connectivity index (χ3v) is 4.21. The highest BCUT2D eigenvalue weighted by Crippen LogP contribution is 2.13. The summed E-state index contributed by atoms with van der Waals surface area (Å²) in [7, 11) is -1.73. The number of aromatic amines is 1. The third-order valence-electron chi connectivity index (χ3n) is 2.84. The van der Waals surface area contributed by atoms with Gasteiger partial charge in [0.1, 0.15) is 12.2 Å². The number of H-pyrrole nitrogens is 1. The topological polar surface area (TPSA) is 105 Å². The molecule has 2 rings (SSSR count). The SMILES string of the molecule is CCNCc1cc(S(=O)(=O)NCc2ncn[nH]2)cn1C. The van der Waals surface area contributed by atoms with Gasteiger partial charge in [0.05, 0.1) is 11.4 Å². The Bertz CT molecular complexity index is 647. The van der Waals surface area contributed by atoms with Crippen molar-refractivity contribution in [1.29, 1.82) is 0 Å². The van der Waals surface area contributed by atoms with E-state index in [2.05, 4.69) is 25.2 Å². The fraction of sp³-hybridized carbons (Fsp3) is 0.455. The first-order valence-electron chi connectivity index (χ1n) is 6.23. The molecular formula is C11H18N6O2S. The molecule has 0 aliphatic rings. The lowest BCUT2D eigenvalue weighted by Gasteiger charge is -2.02. The summed E-state index contributed by atoms with van der Waals surface area (Å²) < 4.78 is 28.6.